The van der Waals surface area contributed by atoms with Crippen molar-refractivity contribution < 1.29 is 4.79 Å². The molecule has 5 heteroatoms. The zero-order valence-electron chi connectivity index (χ0n) is 19.0. The maximum atomic E-state index is 12.6. The van der Waals surface area contributed by atoms with Gasteiger partial charge in [-0.25, -0.2) is 9.97 Å². The van der Waals surface area contributed by atoms with Crippen LogP contribution in [-0.4, -0.2) is 21.9 Å². The van der Waals surface area contributed by atoms with Crippen molar-refractivity contribution >= 4 is 17.4 Å². The number of amides is 1. The zero-order chi connectivity index (χ0) is 23.0. The van der Waals surface area contributed by atoms with Gasteiger partial charge in [0.2, 0.25) is 0 Å². The Hall–Kier alpha value is -3.99. The lowest BCUT2D eigenvalue weighted by Crippen LogP contribution is -2.32. The summed E-state index contributed by atoms with van der Waals surface area (Å²) in [6, 6.07) is 28.0. The van der Waals surface area contributed by atoms with Crippen molar-refractivity contribution in [3.63, 3.8) is 0 Å². The molecule has 0 aliphatic rings. The molecular formula is C28H28N4O. The molecule has 33 heavy (non-hydrogen) atoms. The normalized spacial score (nSPS) is 11.6. The summed E-state index contributed by atoms with van der Waals surface area (Å²) >= 11 is 0. The minimum atomic E-state index is -0.0641. The summed E-state index contributed by atoms with van der Waals surface area (Å²) in [6.07, 6.45) is 3.39. The summed E-state index contributed by atoms with van der Waals surface area (Å²) in [4.78, 5) is 21.3. The Labute approximate surface area is 194 Å². The van der Waals surface area contributed by atoms with E-state index in [4.69, 9.17) is 0 Å². The number of aromatic nitrogens is 2. The van der Waals surface area contributed by atoms with E-state index in [2.05, 4.69) is 63.9 Å². The molecule has 0 aliphatic carbocycles. The number of carbonyl (C=O) groups excluding carboxylic acids is 1. The smallest absolute Gasteiger partial charge is 0.251 e. The van der Waals surface area contributed by atoms with Crippen LogP contribution in [0.3, 0.4) is 0 Å². The van der Waals surface area contributed by atoms with Crippen LogP contribution in [0, 0.1) is 6.92 Å². The number of hydrogen-bond acceptors (Lipinski definition) is 4. The van der Waals surface area contributed by atoms with Crippen LogP contribution in [-0.2, 0) is 6.42 Å². The van der Waals surface area contributed by atoms with E-state index < -0.39 is 0 Å². The van der Waals surface area contributed by atoms with Gasteiger partial charge in [-0.15, -0.1) is 0 Å². The fourth-order valence-electron chi connectivity index (χ4n) is 3.57. The molecule has 0 fully saturated rings. The largest absolute Gasteiger partial charge is 0.350 e. The molecule has 1 atom stereocenters. The van der Waals surface area contributed by atoms with Crippen molar-refractivity contribution in [2.45, 2.75) is 32.7 Å². The van der Waals surface area contributed by atoms with Gasteiger partial charge in [0.15, 0.2) is 0 Å². The molecule has 0 spiro atoms. The Kier molecular flexibility index (Phi) is 7.10. The topological polar surface area (TPSA) is 66.9 Å². The Morgan fingerprint density at radius 2 is 1.64 bits per heavy atom. The Morgan fingerprint density at radius 1 is 0.909 bits per heavy atom. The lowest BCUT2D eigenvalue weighted by Gasteiger charge is -2.14. The first-order valence-electron chi connectivity index (χ1n) is 11.2. The van der Waals surface area contributed by atoms with Gasteiger partial charge in [-0.1, -0.05) is 60.2 Å². The van der Waals surface area contributed by atoms with Crippen molar-refractivity contribution in [3.05, 3.63) is 108 Å². The van der Waals surface area contributed by atoms with Crippen molar-refractivity contribution in [1.29, 1.82) is 0 Å². The predicted octanol–water partition coefficient (Wildman–Crippen LogP) is 5.95. The summed E-state index contributed by atoms with van der Waals surface area (Å²) in [5, 5.41) is 6.37. The fraction of sp³-hybridized carbons (Fsp3) is 0.179. The average Bonchev–Trinajstić information content (AvgIpc) is 2.84. The highest BCUT2D eigenvalue weighted by Gasteiger charge is 2.10. The summed E-state index contributed by atoms with van der Waals surface area (Å²) in [6.45, 7) is 4.10. The number of anilines is 2. The third-order valence-corrected chi connectivity index (χ3v) is 5.52. The van der Waals surface area contributed by atoms with Gasteiger partial charge in [0.05, 0.1) is 5.69 Å². The minimum Gasteiger partial charge on any atom is -0.350 e. The molecule has 1 amide bonds. The third kappa shape index (κ3) is 6.26. The zero-order valence-corrected chi connectivity index (χ0v) is 19.0. The van der Waals surface area contributed by atoms with Crippen LogP contribution in [0.1, 0.15) is 34.8 Å². The van der Waals surface area contributed by atoms with Crippen LogP contribution in [0.4, 0.5) is 11.5 Å². The molecule has 0 radical (unpaired) electrons. The van der Waals surface area contributed by atoms with E-state index in [1.165, 1.54) is 11.1 Å². The second-order valence-corrected chi connectivity index (χ2v) is 8.26. The van der Waals surface area contributed by atoms with E-state index in [1.54, 1.807) is 6.33 Å². The number of rotatable bonds is 8. The minimum absolute atomic E-state index is 0.0641. The van der Waals surface area contributed by atoms with Gasteiger partial charge in [0.25, 0.3) is 5.91 Å². The highest BCUT2D eigenvalue weighted by molar-refractivity contribution is 5.94. The van der Waals surface area contributed by atoms with Gasteiger partial charge in [0.1, 0.15) is 12.1 Å². The molecule has 1 aromatic heterocycles. The predicted molar refractivity (Wildman–Crippen MR) is 134 cm³/mol. The molecule has 2 N–H and O–H groups in total. The monoisotopic (exact) mass is 436 g/mol. The van der Waals surface area contributed by atoms with E-state index in [1.807, 2.05) is 55.5 Å². The highest BCUT2D eigenvalue weighted by Crippen LogP contribution is 2.22. The summed E-state index contributed by atoms with van der Waals surface area (Å²) in [7, 11) is 0. The Bertz CT molecular complexity index is 1190. The van der Waals surface area contributed by atoms with E-state index >= 15 is 0 Å². The van der Waals surface area contributed by atoms with Crippen LogP contribution >= 0.6 is 0 Å². The maximum Gasteiger partial charge on any atom is 0.251 e. The number of nitrogens with zero attached hydrogens (tertiary/aromatic N) is 2. The summed E-state index contributed by atoms with van der Waals surface area (Å²) in [5.74, 6) is 0.637. The van der Waals surface area contributed by atoms with Crippen LogP contribution < -0.4 is 10.6 Å². The van der Waals surface area contributed by atoms with Gasteiger partial charge in [-0.2, -0.15) is 0 Å². The fourth-order valence-corrected chi connectivity index (χ4v) is 3.57. The number of hydrogen-bond donors (Lipinski definition) is 2. The van der Waals surface area contributed by atoms with Crippen LogP contribution in [0.2, 0.25) is 0 Å². The second-order valence-electron chi connectivity index (χ2n) is 8.26. The quantitative estimate of drug-likeness (QED) is 0.358. The van der Waals surface area contributed by atoms with Crippen LogP contribution in [0.25, 0.3) is 11.3 Å². The Morgan fingerprint density at radius 3 is 2.36 bits per heavy atom. The van der Waals surface area contributed by atoms with Crippen LogP contribution in [0.15, 0.2) is 91.3 Å². The number of carbonyl (C=O) groups is 1. The van der Waals surface area contributed by atoms with E-state index in [-0.39, 0.29) is 11.9 Å². The van der Waals surface area contributed by atoms with Crippen molar-refractivity contribution in [2.75, 3.05) is 5.32 Å². The molecule has 4 aromatic rings. The third-order valence-electron chi connectivity index (χ3n) is 5.52. The standard InChI is InChI=1S/C28H28N4O/c1-20-8-12-23(13-9-20)26-18-27(30-19-29-26)32-25-16-14-24(15-17-25)28(33)31-21(2)10-11-22-6-4-3-5-7-22/h3-9,12-19,21H,10-11H2,1-2H3,(H,31,33)(H,29,30,32)/t21-/m1/s1. The molecule has 0 bridgehead atoms. The molecule has 4 rings (SSSR count). The lowest BCUT2D eigenvalue weighted by molar-refractivity contribution is 0.0938. The summed E-state index contributed by atoms with van der Waals surface area (Å²) < 4.78 is 0. The number of nitrogens with one attached hydrogen (secondary N) is 2. The maximum absolute atomic E-state index is 12.6. The Balaban J connectivity index is 1.34. The molecule has 0 saturated heterocycles. The molecule has 166 valence electrons. The van der Waals surface area contributed by atoms with Crippen molar-refractivity contribution in [1.82, 2.24) is 15.3 Å². The first-order chi connectivity index (χ1) is 16.1. The second kappa shape index (κ2) is 10.6. The van der Waals surface area contributed by atoms with E-state index in [0.717, 1.165) is 29.8 Å². The van der Waals surface area contributed by atoms with E-state index in [0.29, 0.717) is 11.4 Å². The SMILES string of the molecule is Cc1ccc(-c2cc(Nc3ccc(C(=O)N[C@H](C)CCc4ccccc4)cc3)ncn2)cc1. The molecular weight excluding hydrogens is 408 g/mol. The number of aryl methyl sites for hydroxylation is 2. The van der Waals surface area contributed by atoms with Gasteiger partial charge < -0.3 is 10.6 Å². The molecule has 0 saturated carbocycles. The van der Waals surface area contributed by atoms with E-state index in [9.17, 15) is 4.79 Å². The molecule has 5 nitrogen and oxygen atoms in total. The van der Waals surface area contributed by atoms with Gasteiger partial charge in [-0.3, -0.25) is 4.79 Å². The highest BCUT2D eigenvalue weighted by atomic mass is 16.1. The molecule has 0 unspecified atom stereocenters. The van der Waals surface area contributed by atoms with Crippen molar-refractivity contribution in [2.24, 2.45) is 0 Å². The summed E-state index contributed by atoms with van der Waals surface area (Å²) in [5.41, 5.74) is 5.88. The molecule has 3 aromatic carbocycles. The van der Waals surface area contributed by atoms with Crippen LogP contribution in [0.5, 0.6) is 0 Å². The first-order valence-corrected chi connectivity index (χ1v) is 11.2. The van der Waals surface area contributed by atoms with Gasteiger partial charge in [-0.05, 0) is 56.5 Å². The molecule has 0 aliphatic heterocycles. The molecule has 1 heterocycles. The number of benzene rings is 3. The lowest BCUT2D eigenvalue weighted by atomic mass is 10.1. The first kappa shape index (κ1) is 22.2. The van der Waals surface area contributed by atoms with Crippen molar-refractivity contribution in [3.8, 4) is 11.3 Å². The van der Waals surface area contributed by atoms with Gasteiger partial charge in [0, 0.05) is 28.9 Å². The van der Waals surface area contributed by atoms with Gasteiger partial charge >= 0.3 is 0 Å². The average molecular weight is 437 g/mol.